The van der Waals surface area contributed by atoms with Crippen LogP contribution in [0, 0.1) is 5.92 Å². The summed E-state index contributed by atoms with van der Waals surface area (Å²) in [5.74, 6) is 1.22. The molecular formula is C10H21N3O. The smallest absolute Gasteiger partial charge is 0.140 e. The van der Waals surface area contributed by atoms with E-state index in [1.54, 1.807) is 0 Å². The zero-order valence-electron chi connectivity index (χ0n) is 9.11. The van der Waals surface area contributed by atoms with E-state index >= 15 is 0 Å². The molecule has 0 heterocycles. The normalized spacial score (nSPS) is 20.1. The second-order valence-corrected chi connectivity index (χ2v) is 4.18. The number of oxime groups is 1. The molecule has 4 nitrogen and oxygen atoms in total. The lowest BCUT2D eigenvalue weighted by Gasteiger charge is -2.27. The molecule has 0 aromatic heterocycles. The summed E-state index contributed by atoms with van der Waals surface area (Å²) in [6.45, 7) is 6.49. The van der Waals surface area contributed by atoms with Crippen molar-refractivity contribution in [3.63, 3.8) is 0 Å². The summed E-state index contributed by atoms with van der Waals surface area (Å²) in [7, 11) is 0. The van der Waals surface area contributed by atoms with Gasteiger partial charge >= 0.3 is 0 Å². The van der Waals surface area contributed by atoms with E-state index in [1.165, 1.54) is 12.8 Å². The van der Waals surface area contributed by atoms with Crippen LogP contribution in [0.25, 0.3) is 0 Å². The zero-order valence-corrected chi connectivity index (χ0v) is 9.11. The van der Waals surface area contributed by atoms with Gasteiger partial charge in [0.2, 0.25) is 0 Å². The molecule has 0 aliphatic heterocycles. The average molecular weight is 199 g/mol. The first kappa shape index (κ1) is 11.3. The van der Waals surface area contributed by atoms with Crippen molar-refractivity contribution in [2.75, 3.05) is 13.1 Å². The molecule has 1 saturated carbocycles. The van der Waals surface area contributed by atoms with Gasteiger partial charge in [-0.05, 0) is 32.2 Å². The predicted octanol–water partition coefficient (Wildman–Crippen LogP) is 1.24. The van der Waals surface area contributed by atoms with Crippen LogP contribution in [0.15, 0.2) is 5.16 Å². The van der Waals surface area contributed by atoms with Gasteiger partial charge in [-0.15, -0.1) is 0 Å². The van der Waals surface area contributed by atoms with Crippen molar-refractivity contribution in [3.8, 4) is 0 Å². The highest BCUT2D eigenvalue weighted by Gasteiger charge is 2.25. The van der Waals surface area contributed by atoms with Crippen LogP contribution < -0.4 is 5.73 Å². The van der Waals surface area contributed by atoms with Crippen LogP contribution in [-0.2, 0) is 0 Å². The van der Waals surface area contributed by atoms with Crippen molar-refractivity contribution in [1.82, 2.24) is 4.90 Å². The lowest BCUT2D eigenvalue weighted by Crippen LogP contribution is -2.37. The average Bonchev–Trinajstić information content (AvgIpc) is 2.97. The molecule has 1 atom stereocenters. The highest BCUT2D eigenvalue weighted by molar-refractivity contribution is 5.80. The van der Waals surface area contributed by atoms with Crippen LogP contribution in [0.3, 0.4) is 0 Å². The van der Waals surface area contributed by atoms with Crippen molar-refractivity contribution < 1.29 is 5.21 Å². The van der Waals surface area contributed by atoms with Gasteiger partial charge in [0.05, 0.1) is 0 Å². The first-order valence-electron chi connectivity index (χ1n) is 5.37. The molecule has 3 N–H and O–H groups in total. The Bertz CT molecular complexity index is 202. The molecule has 1 unspecified atom stereocenters. The maximum atomic E-state index is 8.48. The van der Waals surface area contributed by atoms with Crippen LogP contribution in [0.2, 0.25) is 0 Å². The van der Waals surface area contributed by atoms with Crippen LogP contribution in [-0.4, -0.2) is 35.1 Å². The molecule has 4 heteroatoms. The minimum atomic E-state index is 0.326. The van der Waals surface area contributed by atoms with Crippen LogP contribution in [0.1, 0.15) is 33.1 Å². The van der Waals surface area contributed by atoms with E-state index in [-0.39, 0.29) is 0 Å². The Labute approximate surface area is 85.8 Å². The fourth-order valence-corrected chi connectivity index (χ4v) is 1.73. The van der Waals surface area contributed by atoms with Gasteiger partial charge in [-0.25, -0.2) is 0 Å². The lowest BCUT2D eigenvalue weighted by molar-refractivity contribution is 0.213. The van der Waals surface area contributed by atoms with E-state index in [2.05, 4.69) is 23.9 Å². The van der Waals surface area contributed by atoms with E-state index < -0.39 is 0 Å². The summed E-state index contributed by atoms with van der Waals surface area (Å²) in [6, 6.07) is 0.372. The molecule has 0 aromatic carbocycles. The number of amidine groups is 1. The van der Waals surface area contributed by atoms with Crippen molar-refractivity contribution in [3.05, 3.63) is 0 Å². The molecule has 0 radical (unpaired) electrons. The van der Waals surface area contributed by atoms with Crippen molar-refractivity contribution in [2.24, 2.45) is 16.8 Å². The monoisotopic (exact) mass is 199 g/mol. The van der Waals surface area contributed by atoms with Gasteiger partial charge in [0.15, 0.2) is 0 Å². The Morgan fingerprint density at radius 3 is 2.71 bits per heavy atom. The van der Waals surface area contributed by atoms with Crippen molar-refractivity contribution in [1.29, 1.82) is 0 Å². The molecular weight excluding hydrogens is 178 g/mol. The van der Waals surface area contributed by atoms with E-state index in [0.29, 0.717) is 18.3 Å². The van der Waals surface area contributed by atoms with E-state index in [0.717, 1.165) is 19.0 Å². The molecule has 0 bridgehead atoms. The highest BCUT2D eigenvalue weighted by atomic mass is 16.4. The fraction of sp³-hybridized carbons (Fsp3) is 0.900. The van der Waals surface area contributed by atoms with Gasteiger partial charge in [0.1, 0.15) is 5.84 Å². The summed E-state index contributed by atoms with van der Waals surface area (Å²) in [5, 5.41) is 11.5. The summed E-state index contributed by atoms with van der Waals surface area (Å²) >= 11 is 0. The third-order valence-electron chi connectivity index (χ3n) is 2.85. The Morgan fingerprint density at radius 2 is 2.29 bits per heavy atom. The second-order valence-electron chi connectivity index (χ2n) is 4.18. The first-order chi connectivity index (χ1) is 6.67. The van der Waals surface area contributed by atoms with Gasteiger partial charge in [-0.3, -0.25) is 0 Å². The molecule has 1 aliphatic rings. The minimum Gasteiger partial charge on any atom is -0.409 e. The summed E-state index contributed by atoms with van der Waals surface area (Å²) in [5.41, 5.74) is 5.49. The van der Waals surface area contributed by atoms with Crippen LogP contribution >= 0.6 is 0 Å². The third-order valence-corrected chi connectivity index (χ3v) is 2.85. The van der Waals surface area contributed by atoms with Crippen LogP contribution in [0.4, 0.5) is 0 Å². The summed E-state index contributed by atoms with van der Waals surface area (Å²) in [4.78, 5) is 2.40. The van der Waals surface area contributed by atoms with Crippen LogP contribution in [0.5, 0.6) is 0 Å². The van der Waals surface area contributed by atoms with Gasteiger partial charge in [-0.2, -0.15) is 0 Å². The largest absolute Gasteiger partial charge is 0.409 e. The Kier molecular flexibility index (Phi) is 4.20. The highest BCUT2D eigenvalue weighted by Crippen LogP contribution is 2.30. The number of hydrogen-bond donors (Lipinski definition) is 2. The fourth-order valence-electron chi connectivity index (χ4n) is 1.73. The number of hydrogen-bond acceptors (Lipinski definition) is 3. The first-order valence-corrected chi connectivity index (χ1v) is 5.37. The molecule has 0 saturated heterocycles. The molecule has 82 valence electrons. The topological polar surface area (TPSA) is 61.8 Å². The van der Waals surface area contributed by atoms with Gasteiger partial charge < -0.3 is 15.8 Å². The Balaban J connectivity index is 2.33. The molecule has 14 heavy (non-hydrogen) atoms. The SMILES string of the molecule is CCN(CC1CC1)C(C)CC(N)=NO. The molecule has 1 fully saturated rings. The minimum absolute atomic E-state index is 0.326. The molecule has 0 aromatic rings. The number of nitrogens with zero attached hydrogens (tertiary/aromatic N) is 2. The molecule has 0 spiro atoms. The van der Waals surface area contributed by atoms with Crippen molar-refractivity contribution in [2.45, 2.75) is 39.2 Å². The Hall–Kier alpha value is -0.770. The van der Waals surface area contributed by atoms with E-state index in [1.807, 2.05) is 0 Å². The summed E-state index contributed by atoms with van der Waals surface area (Å²) < 4.78 is 0. The van der Waals surface area contributed by atoms with Gasteiger partial charge in [0.25, 0.3) is 0 Å². The summed E-state index contributed by atoms with van der Waals surface area (Å²) in [6.07, 6.45) is 3.39. The predicted molar refractivity (Wildman–Crippen MR) is 57.5 cm³/mol. The molecule has 0 amide bonds. The number of nitrogens with two attached hydrogens (primary N) is 1. The second kappa shape index (κ2) is 5.20. The van der Waals surface area contributed by atoms with E-state index in [9.17, 15) is 0 Å². The zero-order chi connectivity index (χ0) is 10.6. The van der Waals surface area contributed by atoms with Gasteiger partial charge in [0, 0.05) is 19.0 Å². The number of rotatable bonds is 6. The van der Waals surface area contributed by atoms with Gasteiger partial charge in [-0.1, -0.05) is 12.1 Å². The maximum absolute atomic E-state index is 8.48. The maximum Gasteiger partial charge on any atom is 0.140 e. The molecule has 1 rings (SSSR count). The van der Waals surface area contributed by atoms with E-state index in [4.69, 9.17) is 10.9 Å². The Morgan fingerprint density at radius 1 is 1.64 bits per heavy atom. The van der Waals surface area contributed by atoms with Crippen molar-refractivity contribution >= 4 is 5.84 Å². The quantitative estimate of drug-likeness (QED) is 0.293. The third kappa shape index (κ3) is 3.54. The molecule has 1 aliphatic carbocycles. The lowest BCUT2D eigenvalue weighted by atomic mass is 10.2. The standard InChI is InChI=1S/C10H21N3O/c1-3-13(7-9-4-5-9)8(2)6-10(11)12-14/h8-9,14H,3-7H2,1-2H3,(H2,11,12).